The van der Waals surface area contributed by atoms with E-state index in [2.05, 4.69) is 15.4 Å². The molecule has 0 bridgehead atoms. The van der Waals surface area contributed by atoms with E-state index < -0.39 is 5.91 Å². The Balaban J connectivity index is 1.88. The monoisotopic (exact) mass is 360 g/mol. The van der Waals surface area contributed by atoms with Crippen LogP contribution in [0.5, 0.6) is 5.88 Å². The Morgan fingerprint density at radius 3 is 2.56 bits per heavy atom. The van der Waals surface area contributed by atoms with Crippen LogP contribution in [-0.4, -0.2) is 27.8 Å². The van der Waals surface area contributed by atoms with Gasteiger partial charge in [-0.25, -0.2) is 14.1 Å². The van der Waals surface area contributed by atoms with Gasteiger partial charge in [-0.3, -0.25) is 4.79 Å². The number of aryl methyl sites for hydroxylation is 1. The smallest absolute Gasteiger partial charge is 0.260 e. The van der Waals surface area contributed by atoms with Gasteiger partial charge in [-0.2, -0.15) is 5.10 Å². The van der Waals surface area contributed by atoms with Gasteiger partial charge in [0.05, 0.1) is 30.4 Å². The third kappa shape index (κ3) is 3.46. The average molecular weight is 361 g/mol. The standard InChI is InChI=1S/C17H14ClFN4O2/c1-10-15(17(24)21-12-5-8-14(25-2)20-9-12)16(18)23(22-10)13-6-3-11(19)4-7-13/h3-9H,1-2H3,(H,21,24). The summed E-state index contributed by atoms with van der Waals surface area (Å²) in [5.41, 5.74) is 1.74. The number of aromatic nitrogens is 3. The summed E-state index contributed by atoms with van der Waals surface area (Å²) in [6, 6.07) is 8.95. The lowest BCUT2D eigenvalue weighted by Crippen LogP contribution is -2.13. The largest absolute Gasteiger partial charge is 0.481 e. The summed E-state index contributed by atoms with van der Waals surface area (Å²) >= 11 is 6.32. The van der Waals surface area contributed by atoms with E-state index >= 15 is 0 Å². The first-order valence-electron chi connectivity index (χ1n) is 7.32. The van der Waals surface area contributed by atoms with Gasteiger partial charge in [0.2, 0.25) is 5.88 Å². The lowest BCUT2D eigenvalue weighted by Gasteiger charge is -2.06. The van der Waals surface area contributed by atoms with Crippen molar-refractivity contribution in [2.45, 2.75) is 6.92 Å². The molecule has 1 amide bonds. The maximum Gasteiger partial charge on any atom is 0.260 e. The SMILES string of the molecule is COc1ccc(NC(=O)c2c(C)nn(-c3ccc(F)cc3)c2Cl)cn1. The number of carbonyl (C=O) groups is 1. The Morgan fingerprint density at radius 2 is 1.96 bits per heavy atom. The molecule has 0 atom stereocenters. The normalized spacial score (nSPS) is 10.6. The highest BCUT2D eigenvalue weighted by molar-refractivity contribution is 6.34. The number of anilines is 1. The Morgan fingerprint density at radius 1 is 1.24 bits per heavy atom. The number of methoxy groups -OCH3 is 1. The van der Waals surface area contributed by atoms with E-state index in [1.165, 1.54) is 42.3 Å². The van der Waals surface area contributed by atoms with Gasteiger partial charge in [-0.05, 0) is 37.3 Å². The van der Waals surface area contributed by atoms with E-state index in [0.29, 0.717) is 22.9 Å². The molecule has 0 saturated heterocycles. The van der Waals surface area contributed by atoms with Crippen molar-refractivity contribution >= 4 is 23.2 Å². The van der Waals surface area contributed by atoms with Crippen molar-refractivity contribution in [2.75, 3.05) is 12.4 Å². The number of nitrogens with zero attached hydrogens (tertiary/aromatic N) is 3. The topological polar surface area (TPSA) is 69.0 Å². The number of pyridine rings is 1. The Hall–Kier alpha value is -2.93. The molecule has 128 valence electrons. The lowest BCUT2D eigenvalue weighted by molar-refractivity contribution is 0.102. The van der Waals surface area contributed by atoms with Gasteiger partial charge in [0.1, 0.15) is 16.5 Å². The minimum Gasteiger partial charge on any atom is -0.481 e. The molecule has 0 fully saturated rings. The molecule has 6 nitrogen and oxygen atoms in total. The summed E-state index contributed by atoms with van der Waals surface area (Å²) in [6.07, 6.45) is 1.48. The number of benzene rings is 1. The zero-order valence-electron chi connectivity index (χ0n) is 13.5. The molecule has 0 saturated carbocycles. The van der Waals surface area contributed by atoms with E-state index in [-0.39, 0.29) is 16.5 Å². The van der Waals surface area contributed by atoms with Crippen LogP contribution in [0.25, 0.3) is 5.69 Å². The third-order valence-corrected chi connectivity index (χ3v) is 3.85. The second-order valence-corrected chi connectivity index (χ2v) is 5.54. The fourth-order valence-corrected chi connectivity index (χ4v) is 2.64. The number of amides is 1. The zero-order chi connectivity index (χ0) is 18.0. The Kier molecular flexibility index (Phi) is 4.67. The van der Waals surface area contributed by atoms with Crippen LogP contribution < -0.4 is 10.1 Å². The summed E-state index contributed by atoms with van der Waals surface area (Å²) in [6.45, 7) is 1.67. The van der Waals surface area contributed by atoms with E-state index in [0.717, 1.165) is 0 Å². The van der Waals surface area contributed by atoms with Crippen molar-refractivity contribution in [1.29, 1.82) is 0 Å². The maximum absolute atomic E-state index is 13.1. The summed E-state index contributed by atoms with van der Waals surface area (Å²) in [5, 5.41) is 7.12. The molecule has 25 heavy (non-hydrogen) atoms. The van der Waals surface area contributed by atoms with Crippen molar-refractivity contribution in [2.24, 2.45) is 0 Å². The van der Waals surface area contributed by atoms with Crippen LogP contribution in [0.2, 0.25) is 5.15 Å². The van der Waals surface area contributed by atoms with Crippen molar-refractivity contribution < 1.29 is 13.9 Å². The number of hydrogen-bond donors (Lipinski definition) is 1. The van der Waals surface area contributed by atoms with Crippen molar-refractivity contribution in [3.8, 4) is 11.6 Å². The molecule has 2 heterocycles. The summed E-state index contributed by atoms with van der Waals surface area (Å²) in [4.78, 5) is 16.6. The molecule has 2 aromatic heterocycles. The molecular weight excluding hydrogens is 347 g/mol. The average Bonchev–Trinajstić information content (AvgIpc) is 2.91. The number of rotatable bonds is 4. The van der Waals surface area contributed by atoms with Crippen molar-refractivity contribution in [1.82, 2.24) is 14.8 Å². The van der Waals surface area contributed by atoms with Crippen molar-refractivity contribution in [3.05, 3.63) is 64.8 Å². The van der Waals surface area contributed by atoms with Crippen LogP contribution in [0, 0.1) is 12.7 Å². The van der Waals surface area contributed by atoms with Crippen LogP contribution in [0.1, 0.15) is 16.1 Å². The molecule has 0 spiro atoms. The molecule has 0 aliphatic rings. The minimum absolute atomic E-state index is 0.142. The molecular formula is C17H14ClFN4O2. The lowest BCUT2D eigenvalue weighted by atomic mass is 10.2. The fourth-order valence-electron chi connectivity index (χ4n) is 2.28. The first kappa shape index (κ1) is 16.9. The van der Waals surface area contributed by atoms with Gasteiger partial charge < -0.3 is 10.1 Å². The van der Waals surface area contributed by atoms with Crippen LogP contribution >= 0.6 is 11.6 Å². The Bertz CT molecular complexity index is 908. The van der Waals surface area contributed by atoms with Crippen molar-refractivity contribution in [3.63, 3.8) is 0 Å². The van der Waals surface area contributed by atoms with Crippen LogP contribution in [-0.2, 0) is 0 Å². The predicted octanol–water partition coefficient (Wildman–Crippen LogP) is 3.63. The van der Waals surface area contributed by atoms with Crippen LogP contribution in [0.15, 0.2) is 42.6 Å². The van der Waals surface area contributed by atoms with E-state index in [4.69, 9.17) is 16.3 Å². The van der Waals surface area contributed by atoms with Gasteiger partial charge in [-0.1, -0.05) is 11.6 Å². The zero-order valence-corrected chi connectivity index (χ0v) is 14.2. The first-order chi connectivity index (χ1) is 12.0. The number of carbonyl (C=O) groups excluding carboxylic acids is 1. The third-order valence-electron chi connectivity index (χ3n) is 3.51. The summed E-state index contributed by atoms with van der Waals surface area (Å²) in [5.74, 6) is -0.340. The van der Waals surface area contributed by atoms with E-state index in [1.54, 1.807) is 19.1 Å². The van der Waals surface area contributed by atoms with Gasteiger partial charge in [0, 0.05) is 6.07 Å². The second-order valence-electron chi connectivity index (χ2n) is 5.18. The van der Waals surface area contributed by atoms with Gasteiger partial charge >= 0.3 is 0 Å². The number of ether oxygens (including phenoxy) is 1. The first-order valence-corrected chi connectivity index (χ1v) is 7.70. The van der Waals surface area contributed by atoms with E-state index in [9.17, 15) is 9.18 Å². The molecule has 0 unspecified atom stereocenters. The van der Waals surface area contributed by atoms with E-state index in [1.807, 2.05) is 0 Å². The summed E-state index contributed by atoms with van der Waals surface area (Å²) in [7, 11) is 1.51. The van der Waals surface area contributed by atoms with Gasteiger partial charge in [0.15, 0.2) is 0 Å². The van der Waals surface area contributed by atoms with Crippen LogP contribution in [0.3, 0.4) is 0 Å². The second kappa shape index (κ2) is 6.90. The molecule has 1 aromatic carbocycles. The maximum atomic E-state index is 13.1. The predicted molar refractivity (Wildman–Crippen MR) is 92.0 cm³/mol. The molecule has 0 radical (unpaired) electrons. The number of halogens is 2. The Labute approximate surface area is 148 Å². The molecule has 3 rings (SSSR count). The number of nitrogens with one attached hydrogen (secondary N) is 1. The van der Waals surface area contributed by atoms with Crippen LogP contribution in [0.4, 0.5) is 10.1 Å². The minimum atomic E-state index is -0.414. The molecule has 8 heteroatoms. The molecule has 0 aliphatic carbocycles. The highest BCUT2D eigenvalue weighted by atomic mass is 35.5. The highest BCUT2D eigenvalue weighted by Crippen LogP contribution is 2.25. The molecule has 1 N–H and O–H groups in total. The summed E-state index contributed by atoms with van der Waals surface area (Å²) < 4.78 is 19.4. The quantitative estimate of drug-likeness (QED) is 0.771. The fraction of sp³-hybridized carbons (Fsp3) is 0.118. The van der Waals surface area contributed by atoms with Gasteiger partial charge in [-0.15, -0.1) is 0 Å². The van der Waals surface area contributed by atoms with Gasteiger partial charge in [0.25, 0.3) is 5.91 Å². The molecule has 0 aliphatic heterocycles. The molecule has 3 aromatic rings. The highest BCUT2D eigenvalue weighted by Gasteiger charge is 2.21. The number of hydrogen-bond acceptors (Lipinski definition) is 4.